The van der Waals surface area contributed by atoms with Crippen molar-refractivity contribution < 1.29 is 19.1 Å². The van der Waals surface area contributed by atoms with Gasteiger partial charge in [-0.15, -0.1) is 0 Å². The van der Waals surface area contributed by atoms with Crippen LogP contribution in [0, 0.1) is 11.3 Å². The Morgan fingerprint density at radius 3 is 2.21 bits per heavy atom. The van der Waals surface area contributed by atoms with Crippen LogP contribution in [-0.4, -0.2) is 36.5 Å². The predicted molar refractivity (Wildman–Crippen MR) is 168 cm³/mol. The lowest BCUT2D eigenvalue weighted by molar-refractivity contribution is 0.0665. The van der Waals surface area contributed by atoms with Crippen molar-refractivity contribution in [1.82, 2.24) is 0 Å². The zero-order chi connectivity index (χ0) is 29.9. The van der Waals surface area contributed by atoms with Gasteiger partial charge in [-0.2, -0.15) is 0 Å². The number of methoxy groups -OCH3 is 1. The van der Waals surface area contributed by atoms with Crippen LogP contribution >= 0.6 is 0 Å². The van der Waals surface area contributed by atoms with Gasteiger partial charge in [-0.3, -0.25) is 14.4 Å². The van der Waals surface area contributed by atoms with E-state index < -0.39 is 23.4 Å². The number of benzene rings is 4. The third kappa shape index (κ3) is 3.94. The molecular formula is C38H33NO4. The van der Waals surface area contributed by atoms with Gasteiger partial charge in [0.15, 0.2) is 17.3 Å². The molecule has 2 aliphatic heterocycles. The molecule has 4 aromatic rings. The molecule has 3 atom stereocenters. The maximum atomic E-state index is 14.9. The first-order valence-corrected chi connectivity index (χ1v) is 14.9. The highest BCUT2D eigenvalue weighted by Gasteiger charge is 2.71. The predicted octanol–water partition coefficient (Wildman–Crippen LogP) is 7.21. The molecule has 0 saturated carbocycles. The number of anilines is 1. The molecular weight excluding hydrogens is 534 g/mol. The number of hydrogen-bond acceptors (Lipinski definition) is 5. The van der Waals surface area contributed by atoms with Crippen LogP contribution in [0.4, 0.5) is 5.69 Å². The molecule has 0 amide bonds. The first-order valence-electron chi connectivity index (χ1n) is 14.9. The van der Waals surface area contributed by atoms with Gasteiger partial charge in [-0.1, -0.05) is 105 Å². The molecule has 1 fully saturated rings. The number of Topliss-reactive ketones (excluding diaryl/α,β-unsaturated/α-hetero) is 3. The summed E-state index contributed by atoms with van der Waals surface area (Å²) in [5.74, 6) is -0.253. The number of hydrogen-bond donors (Lipinski definition) is 0. The number of para-hydroxylation sites is 1. The average molecular weight is 568 g/mol. The third-order valence-corrected chi connectivity index (χ3v) is 9.32. The Kier molecular flexibility index (Phi) is 6.42. The van der Waals surface area contributed by atoms with Gasteiger partial charge in [-0.05, 0) is 47.2 Å². The molecule has 7 rings (SSSR count). The zero-order valence-electron chi connectivity index (χ0n) is 24.5. The van der Waals surface area contributed by atoms with Crippen molar-refractivity contribution in [2.24, 2.45) is 11.3 Å². The molecule has 1 spiro atoms. The van der Waals surface area contributed by atoms with Crippen molar-refractivity contribution in [1.29, 1.82) is 0 Å². The summed E-state index contributed by atoms with van der Waals surface area (Å²) in [7, 11) is 1.59. The van der Waals surface area contributed by atoms with Gasteiger partial charge in [0.25, 0.3) is 0 Å². The second kappa shape index (κ2) is 10.2. The van der Waals surface area contributed by atoms with Gasteiger partial charge < -0.3 is 9.64 Å². The van der Waals surface area contributed by atoms with Gasteiger partial charge in [0.1, 0.15) is 17.2 Å². The molecule has 0 aromatic heterocycles. The number of fused-ring (bicyclic) bond motifs is 5. The molecule has 1 aliphatic carbocycles. The fourth-order valence-electron chi connectivity index (χ4n) is 7.57. The SMILES string of the molecule is COc1cccc([C@H]2[C@H](C(=O)c3ccc(CC(C)C)cc3)N3c4ccccc4C=C[C@@H]3C23C(=O)c2ccccc2C3=O)c1. The molecule has 0 unspecified atom stereocenters. The van der Waals surface area contributed by atoms with E-state index in [0.717, 1.165) is 23.2 Å². The molecule has 1 saturated heterocycles. The second-order valence-electron chi connectivity index (χ2n) is 12.2. The van der Waals surface area contributed by atoms with Crippen LogP contribution in [0.25, 0.3) is 6.08 Å². The number of nitrogens with zero attached hydrogens (tertiary/aromatic N) is 1. The Labute approximate surface area is 251 Å². The van der Waals surface area contributed by atoms with E-state index >= 15 is 0 Å². The Balaban J connectivity index is 1.49. The maximum absolute atomic E-state index is 14.9. The van der Waals surface area contributed by atoms with Gasteiger partial charge in [-0.25, -0.2) is 0 Å². The number of carbonyl (C=O) groups excluding carboxylic acids is 3. The van der Waals surface area contributed by atoms with E-state index in [4.69, 9.17) is 4.74 Å². The van der Waals surface area contributed by atoms with Crippen LogP contribution in [-0.2, 0) is 6.42 Å². The molecule has 2 heterocycles. The third-order valence-electron chi connectivity index (χ3n) is 9.32. The Morgan fingerprint density at radius 2 is 1.53 bits per heavy atom. The van der Waals surface area contributed by atoms with Gasteiger partial charge >= 0.3 is 0 Å². The second-order valence-corrected chi connectivity index (χ2v) is 12.2. The van der Waals surface area contributed by atoms with Crippen LogP contribution in [0.5, 0.6) is 5.75 Å². The van der Waals surface area contributed by atoms with Crippen LogP contribution in [0.2, 0.25) is 0 Å². The summed E-state index contributed by atoms with van der Waals surface area (Å²) in [6.45, 7) is 4.34. The lowest BCUT2D eigenvalue weighted by Crippen LogP contribution is -2.48. The quantitative estimate of drug-likeness (QED) is 0.182. The highest BCUT2D eigenvalue weighted by Crippen LogP contribution is 2.61. The smallest absolute Gasteiger partial charge is 0.185 e. The van der Waals surface area contributed by atoms with Crippen LogP contribution < -0.4 is 9.64 Å². The normalized spacial score (nSPS) is 21.2. The monoisotopic (exact) mass is 567 g/mol. The summed E-state index contributed by atoms with van der Waals surface area (Å²) in [5.41, 5.74) is 3.54. The lowest BCUT2D eigenvalue weighted by Gasteiger charge is -2.37. The van der Waals surface area contributed by atoms with Crippen molar-refractivity contribution in [3.8, 4) is 5.75 Å². The standard InChI is InChI=1S/C38H33NO4/c1-23(2)21-24-15-17-26(18-16-24)35(40)34-33(27-10-8-11-28(22-27)43-3)38(36(41)29-12-5-6-13-30(29)37(38)42)32-20-19-25-9-4-7-14-31(25)39(32)34/h4-20,22-23,32-34H,21H2,1-3H3/t32-,33+,34-/m1/s1. The fraction of sp³-hybridized carbons (Fsp3) is 0.237. The van der Waals surface area contributed by atoms with Crippen LogP contribution in [0.3, 0.4) is 0 Å². The summed E-state index contributed by atoms with van der Waals surface area (Å²) >= 11 is 0. The minimum atomic E-state index is -1.53. The summed E-state index contributed by atoms with van der Waals surface area (Å²) in [6, 6.07) is 28.8. The van der Waals surface area contributed by atoms with E-state index in [9.17, 15) is 14.4 Å². The number of carbonyl (C=O) groups is 3. The topological polar surface area (TPSA) is 63.7 Å². The molecule has 0 N–H and O–H groups in total. The average Bonchev–Trinajstić information content (AvgIpc) is 3.47. The van der Waals surface area contributed by atoms with E-state index in [1.807, 2.05) is 89.8 Å². The summed E-state index contributed by atoms with van der Waals surface area (Å²) < 4.78 is 5.60. The highest BCUT2D eigenvalue weighted by atomic mass is 16.5. The molecule has 3 aliphatic rings. The van der Waals surface area contributed by atoms with Crippen molar-refractivity contribution in [2.75, 3.05) is 12.0 Å². The molecule has 5 heteroatoms. The highest BCUT2D eigenvalue weighted by molar-refractivity contribution is 6.32. The van der Waals surface area contributed by atoms with Gasteiger partial charge in [0, 0.05) is 28.3 Å². The molecule has 5 nitrogen and oxygen atoms in total. The Bertz CT molecular complexity index is 1770. The number of rotatable bonds is 6. The van der Waals surface area contributed by atoms with Gasteiger partial charge in [0.2, 0.25) is 0 Å². The molecule has 0 bridgehead atoms. The summed E-state index contributed by atoms with van der Waals surface area (Å²) in [5, 5.41) is 0. The maximum Gasteiger partial charge on any atom is 0.185 e. The van der Waals surface area contributed by atoms with Crippen molar-refractivity contribution in [3.05, 3.63) is 137 Å². The number of ether oxygens (including phenoxy) is 1. The Hall–Kier alpha value is -4.77. The minimum absolute atomic E-state index is 0.118. The van der Waals surface area contributed by atoms with Crippen LogP contribution in [0.1, 0.15) is 67.5 Å². The summed E-state index contributed by atoms with van der Waals surface area (Å²) in [4.78, 5) is 46.5. The van der Waals surface area contributed by atoms with E-state index in [1.54, 1.807) is 31.4 Å². The molecule has 4 aromatic carbocycles. The Morgan fingerprint density at radius 1 is 0.860 bits per heavy atom. The van der Waals surface area contributed by atoms with Gasteiger partial charge in [0.05, 0.1) is 13.2 Å². The lowest BCUT2D eigenvalue weighted by atomic mass is 9.64. The zero-order valence-corrected chi connectivity index (χ0v) is 24.5. The van der Waals surface area contributed by atoms with Crippen LogP contribution in [0.15, 0.2) is 103 Å². The van der Waals surface area contributed by atoms with E-state index in [1.165, 1.54) is 5.56 Å². The minimum Gasteiger partial charge on any atom is -0.497 e. The van der Waals surface area contributed by atoms with E-state index in [-0.39, 0.29) is 17.3 Å². The number of ketones is 3. The van der Waals surface area contributed by atoms with Crippen molar-refractivity contribution >= 4 is 29.1 Å². The molecule has 0 radical (unpaired) electrons. The first kappa shape index (κ1) is 27.1. The largest absolute Gasteiger partial charge is 0.497 e. The first-order chi connectivity index (χ1) is 20.9. The van der Waals surface area contributed by atoms with E-state index in [0.29, 0.717) is 28.4 Å². The van der Waals surface area contributed by atoms with Crippen molar-refractivity contribution in [2.45, 2.75) is 38.3 Å². The molecule has 43 heavy (non-hydrogen) atoms. The summed E-state index contributed by atoms with van der Waals surface area (Å²) in [6.07, 6.45) is 4.86. The van der Waals surface area contributed by atoms with Crippen molar-refractivity contribution in [3.63, 3.8) is 0 Å². The fourth-order valence-corrected chi connectivity index (χ4v) is 7.57. The van der Waals surface area contributed by atoms with E-state index in [2.05, 4.69) is 13.8 Å². The molecule has 214 valence electrons.